The Balaban J connectivity index is 2.99. The molecule has 16 heavy (non-hydrogen) atoms. The summed E-state index contributed by atoms with van der Waals surface area (Å²) in [6.07, 6.45) is 0.981. The van der Waals surface area contributed by atoms with Crippen LogP contribution in [0, 0.1) is 6.92 Å². The van der Waals surface area contributed by atoms with Crippen LogP contribution in [0.15, 0.2) is 16.6 Å². The van der Waals surface area contributed by atoms with E-state index in [1.165, 1.54) is 0 Å². The molecule has 0 radical (unpaired) electrons. The Morgan fingerprint density at radius 1 is 1.50 bits per heavy atom. The molecule has 86 valence electrons. The van der Waals surface area contributed by atoms with Crippen molar-refractivity contribution in [2.75, 3.05) is 6.61 Å². The maximum Gasteiger partial charge on any atom is 0.310 e. The van der Waals surface area contributed by atoms with Gasteiger partial charge in [0.25, 0.3) is 0 Å². The summed E-state index contributed by atoms with van der Waals surface area (Å²) in [5.41, 5.74) is 2.23. The normalized spacial score (nSPS) is 9.94. The predicted molar refractivity (Wildman–Crippen MR) is 64.6 cm³/mol. The first kappa shape index (κ1) is 12.9. The third-order valence-electron chi connectivity index (χ3n) is 2.29. The molecule has 1 aromatic carbocycles. The second-order valence-electron chi connectivity index (χ2n) is 3.38. The molecule has 0 saturated carbocycles. The number of halogens is 1. The van der Waals surface area contributed by atoms with Crippen molar-refractivity contribution in [1.29, 1.82) is 0 Å². The maximum absolute atomic E-state index is 11.3. The molecule has 0 bridgehead atoms. The summed E-state index contributed by atoms with van der Waals surface area (Å²) in [4.78, 5) is 22.2. The molecule has 0 amide bonds. The largest absolute Gasteiger partial charge is 0.466 e. The Bertz CT molecular complexity index is 413. The first-order valence-corrected chi connectivity index (χ1v) is 5.77. The third-order valence-corrected chi connectivity index (χ3v) is 2.75. The Labute approximate surface area is 103 Å². The molecule has 0 atom stereocenters. The van der Waals surface area contributed by atoms with Gasteiger partial charge in [-0.1, -0.05) is 15.9 Å². The van der Waals surface area contributed by atoms with E-state index in [-0.39, 0.29) is 12.4 Å². The summed E-state index contributed by atoms with van der Waals surface area (Å²) in [5, 5.41) is 0. The molecule has 1 rings (SSSR count). The van der Waals surface area contributed by atoms with Gasteiger partial charge >= 0.3 is 5.97 Å². The minimum Gasteiger partial charge on any atom is -0.466 e. The van der Waals surface area contributed by atoms with Crippen LogP contribution in [0.3, 0.4) is 0 Å². The number of hydrogen-bond donors (Lipinski definition) is 0. The lowest BCUT2D eigenvalue weighted by Gasteiger charge is -2.08. The Kier molecular flexibility index (Phi) is 4.68. The number of esters is 1. The number of hydrogen-bond acceptors (Lipinski definition) is 3. The van der Waals surface area contributed by atoms with Crippen molar-refractivity contribution >= 4 is 28.2 Å². The zero-order valence-electron chi connectivity index (χ0n) is 9.25. The number of aldehydes is 1. The van der Waals surface area contributed by atoms with Gasteiger partial charge in [0.2, 0.25) is 0 Å². The highest BCUT2D eigenvalue weighted by Gasteiger charge is 2.10. The SMILES string of the molecule is CCOC(=O)Cc1cc(Br)cc(C=O)c1C. The summed E-state index contributed by atoms with van der Waals surface area (Å²) in [7, 11) is 0. The molecule has 0 aromatic heterocycles. The van der Waals surface area contributed by atoms with Crippen LogP contribution in [0.1, 0.15) is 28.4 Å². The van der Waals surface area contributed by atoms with Gasteiger partial charge in [-0.2, -0.15) is 0 Å². The molecular weight excluding hydrogens is 272 g/mol. The molecule has 0 saturated heterocycles. The summed E-state index contributed by atoms with van der Waals surface area (Å²) in [6, 6.07) is 3.57. The molecule has 1 aromatic rings. The number of ether oxygens (including phenoxy) is 1. The van der Waals surface area contributed by atoms with Gasteiger partial charge in [0.05, 0.1) is 13.0 Å². The van der Waals surface area contributed by atoms with Crippen molar-refractivity contribution < 1.29 is 14.3 Å². The van der Waals surface area contributed by atoms with Crippen LogP contribution in [0.25, 0.3) is 0 Å². The molecule has 0 unspecified atom stereocenters. The van der Waals surface area contributed by atoms with E-state index in [2.05, 4.69) is 15.9 Å². The van der Waals surface area contributed by atoms with E-state index in [0.717, 1.165) is 21.9 Å². The van der Waals surface area contributed by atoms with Crippen molar-refractivity contribution in [3.63, 3.8) is 0 Å². The highest BCUT2D eigenvalue weighted by atomic mass is 79.9. The van der Waals surface area contributed by atoms with Crippen molar-refractivity contribution in [2.24, 2.45) is 0 Å². The van der Waals surface area contributed by atoms with E-state index in [4.69, 9.17) is 4.74 Å². The summed E-state index contributed by atoms with van der Waals surface area (Å²) in [6.45, 7) is 3.96. The van der Waals surface area contributed by atoms with E-state index >= 15 is 0 Å². The number of carbonyl (C=O) groups excluding carboxylic acids is 2. The van der Waals surface area contributed by atoms with Gasteiger partial charge in [-0.25, -0.2) is 0 Å². The van der Waals surface area contributed by atoms with Gasteiger partial charge in [0.15, 0.2) is 0 Å². The van der Waals surface area contributed by atoms with Crippen molar-refractivity contribution in [3.05, 3.63) is 33.3 Å². The van der Waals surface area contributed by atoms with Gasteiger partial charge in [-0.3, -0.25) is 9.59 Å². The van der Waals surface area contributed by atoms with Gasteiger partial charge in [-0.05, 0) is 37.1 Å². The topological polar surface area (TPSA) is 43.4 Å². The van der Waals surface area contributed by atoms with E-state index in [0.29, 0.717) is 12.2 Å². The van der Waals surface area contributed by atoms with Gasteiger partial charge in [0.1, 0.15) is 6.29 Å². The monoisotopic (exact) mass is 284 g/mol. The number of benzene rings is 1. The van der Waals surface area contributed by atoms with E-state index in [9.17, 15) is 9.59 Å². The van der Waals surface area contributed by atoms with Gasteiger partial charge in [-0.15, -0.1) is 0 Å². The molecule has 0 spiro atoms. The third kappa shape index (κ3) is 3.17. The second-order valence-corrected chi connectivity index (χ2v) is 4.29. The van der Waals surface area contributed by atoms with Crippen LogP contribution in [-0.2, 0) is 16.0 Å². The molecule has 0 heterocycles. The standard InChI is InChI=1S/C12H13BrO3/c1-3-16-12(15)6-9-4-11(13)5-10(7-14)8(9)2/h4-5,7H,3,6H2,1-2H3. The van der Waals surface area contributed by atoms with E-state index in [1.807, 2.05) is 13.0 Å². The van der Waals surface area contributed by atoms with Crippen molar-refractivity contribution in [1.82, 2.24) is 0 Å². The first-order chi connectivity index (χ1) is 7.58. The molecule has 0 aliphatic heterocycles. The van der Waals surface area contributed by atoms with E-state index in [1.54, 1.807) is 13.0 Å². The lowest BCUT2D eigenvalue weighted by molar-refractivity contribution is -0.142. The molecule has 0 fully saturated rings. The number of carbonyl (C=O) groups is 2. The predicted octanol–water partition coefficient (Wildman–Crippen LogP) is 2.68. The molecule has 0 aliphatic rings. The van der Waals surface area contributed by atoms with Crippen LogP contribution < -0.4 is 0 Å². The zero-order valence-corrected chi connectivity index (χ0v) is 10.8. The van der Waals surface area contributed by atoms with Crippen molar-refractivity contribution in [3.8, 4) is 0 Å². The first-order valence-electron chi connectivity index (χ1n) is 4.98. The van der Waals surface area contributed by atoms with Crippen LogP contribution in [-0.4, -0.2) is 18.9 Å². The summed E-state index contributed by atoms with van der Waals surface area (Å²) < 4.78 is 5.66. The summed E-state index contributed by atoms with van der Waals surface area (Å²) >= 11 is 3.31. The van der Waals surface area contributed by atoms with Crippen LogP contribution in [0.5, 0.6) is 0 Å². The fourth-order valence-corrected chi connectivity index (χ4v) is 1.96. The van der Waals surface area contributed by atoms with Crippen LogP contribution >= 0.6 is 15.9 Å². The molecule has 0 aliphatic carbocycles. The minimum absolute atomic E-state index is 0.194. The Morgan fingerprint density at radius 3 is 2.75 bits per heavy atom. The Morgan fingerprint density at radius 2 is 2.19 bits per heavy atom. The second kappa shape index (κ2) is 5.80. The Hall–Kier alpha value is -1.16. The zero-order chi connectivity index (χ0) is 12.1. The highest BCUT2D eigenvalue weighted by Crippen LogP contribution is 2.20. The molecule has 4 heteroatoms. The smallest absolute Gasteiger partial charge is 0.310 e. The fraction of sp³-hybridized carbons (Fsp3) is 0.333. The quantitative estimate of drug-likeness (QED) is 0.631. The fourth-order valence-electron chi connectivity index (χ4n) is 1.43. The van der Waals surface area contributed by atoms with Crippen molar-refractivity contribution in [2.45, 2.75) is 20.3 Å². The maximum atomic E-state index is 11.3. The summed E-state index contributed by atoms with van der Waals surface area (Å²) in [5.74, 6) is -0.277. The number of rotatable bonds is 4. The van der Waals surface area contributed by atoms with Gasteiger partial charge in [0, 0.05) is 10.0 Å². The molecular formula is C12H13BrO3. The van der Waals surface area contributed by atoms with Gasteiger partial charge < -0.3 is 4.74 Å². The lowest BCUT2D eigenvalue weighted by Crippen LogP contribution is -2.09. The molecule has 3 nitrogen and oxygen atoms in total. The lowest BCUT2D eigenvalue weighted by atomic mass is 10.0. The minimum atomic E-state index is -0.277. The molecule has 0 N–H and O–H groups in total. The average Bonchev–Trinajstić information content (AvgIpc) is 2.23. The average molecular weight is 285 g/mol. The van der Waals surface area contributed by atoms with E-state index < -0.39 is 0 Å². The van der Waals surface area contributed by atoms with Crippen LogP contribution in [0.2, 0.25) is 0 Å². The van der Waals surface area contributed by atoms with Crippen LogP contribution in [0.4, 0.5) is 0 Å². The highest BCUT2D eigenvalue weighted by molar-refractivity contribution is 9.10.